The Morgan fingerprint density at radius 3 is 2.26 bits per heavy atom. The van der Waals surface area contributed by atoms with Gasteiger partial charge in [-0.05, 0) is 49.2 Å². The summed E-state index contributed by atoms with van der Waals surface area (Å²) in [6.45, 7) is 5.52. The fourth-order valence-corrected chi connectivity index (χ4v) is 5.64. The number of fused-ring (bicyclic) bond motifs is 1. The van der Waals surface area contributed by atoms with Gasteiger partial charge in [0.25, 0.3) is 5.56 Å². The number of halogens is 1. The van der Waals surface area contributed by atoms with E-state index in [-0.39, 0.29) is 34.9 Å². The Kier molecular flexibility index (Phi) is 6.91. The van der Waals surface area contributed by atoms with Crippen LogP contribution in [-0.4, -0.2) is 39.6 Å². The van der Waals surface area contributed by atoms with Crippen LogP contribution in [0.1, 0.15) is 42.3 Å². The Hall–Kier alpha value is -4.17. The van der Waals surface area contributed by atoms with Crippen LogP contribution in [0.4, 0.5) is 5.69 Å². The highest BCUT2D eigenvalue weighted by Crippen LogP contribution is 2.37. The summed E-state index contributed by atoms with van der Waals surface area (Å²) in [6.07, 6.45) is 0. The van der Waals surface area contributed by atoms with Gasteiger partial charge in [0.2, 0.25) is 0 Å². The van der Waals surface area contributed by atoms with Crippen LogP contribution in [0.3, 0.4) is 0 Å². The van der Waals surface area contributed by atoms with E-state index in [4.69, 9.17) is 11.6 Å². The number of hydrogen-bond donors (Lipinski definition) is 0. The van der Waals surface area contributed by atoms with Gasteiger partial charge in [-0.2, -0.15) is 10.5 Å². The van der Waals surface area contributed by atoms with Crippen molar-refractivity contribution in [2.45, 2.75) is 32.0 Å². The Morgan fingerprint density at radius 2 is 1.61 bits per heavy atom. The molecule has 2 aromatic carbocycles. The molecule has 7 nitrogen and oxygen atoms in total. The molecule has 1 unspecified atom stereocenters. The standard InChI is InChI=1S/C30H27ClN6O/c1-19-18-37(29-25(16-33)30(38)35(3)26-14-13-24(15-32)34-27(26)29)20(2)17-36(19)28(21-7-5-4-6-8-21)22-9-11-23(31)12-10-22/h4-14,19-20,28H,17-18H2,1-3H3/t19-,20+,28?/m1/s1. The Labute approximate surface area is 226 Å². The molecule has 0 spiro atoms. The van der Waals surface area contributed by atoms with E-state index in [1.807, 2.05) is 30.3 Å². The Morgan fingerprint density at radius 1 is 0.921 bits per heavy atom. The minimum Gasteiger partial charge on any atom is -0.363 e. The van der Waals surface area contributed by atoms with Gasteiger partial charge in [0, 0.05) is 37.2 Å². The lowest BCUT2D eigenvalue weighted by atomic mass is 9.93. The van der Waals surface area contributed by atoms with Crippen molar-refractivity contribution in [2.24, 2.45) is 7.05 Å². The van der Waals surface area contributed by atoms with E-state index in [2.05, 4.69) is 65.0 Å². The number of nitriles is 2. The Bertz CT molecular complexity index is 1630. The van der Waals surface area contributed by atoms with E-state index in [9.17, 15) is 15.3 Å². The first-order chi connectivity index (χ1) is 18.3. The highest BCUT2D eigenvalue weighted by Gasteiger charge is 2.37. The number of aryl methyl sites for hydroxylation is 1. The van der Waals surface area contributed by atoms with E-state index >= 15 is 0 Å². The number of hydrogen-bond acceptors (Lipinski definition) is 6. The second kappa shape index (κ2) is 10.3. The van der Waals surface area contributed by atoms with Crippen molar-refractivity contribution in [3.8, 4) is 12.1 Å². The van der Waals surface area contributed by atoms with Gasteiger partial charge in [0.1, 0.15) is 28.9 Å². The highest BCUT2D eigenvalue weighted by molar-refractivity contribution is 6.30. The van der Waals surface area contributed by atoms with Gasteiger partial charge < -0.3 is 9.47 Å². The van der Waals surface area contributed by atoms with Gasteiger partial charge in [-0.1, -0.05) is 54.1 Å². The smallest absolute Gasteiger partial charge is 0.270 e. The maximum Gasteiger partial charge on any atom is 0.270 e. The number of aromatic nitrogens is 2. The fraction of sp³-hybridized carbons (Fsp3) is 0.267. The molecular formula is C30H27ClN6O. The number of nitrogens with zero attached hydrogens (tertiary/aromatic N) is 6. The molecule has 0 bridgehead atoms. The first kappa shape index (κ1) is 25.5. The topological polar surface area (TPSA) is 88.9 Å². The zero-order valence-corrected chi connectivity index (χ0v) is 22.2. The minimum absolute atomic E-state index is 0.00667. The summed E-state index contributed by atoms with van der Waals surface area (Å²) in [5.74, 6) is 0. The summed E-state index contributed by atoms with van der Waals surface area (Å²) in [4.78, 5) is 22.3. The number of pyridine rings is 2. The van der Waals surface area contributed by atoms with Crippen molar-refractivity contribution < 1.29 is 0 Å². The molecule has 0 radical (unpaired) electrons. The van der Waals surface area contributed by atoms with Gasteiger partial charge in [0.15, 0.2) is 0 Å². The van der Waals surface area contributed by atoms with E-state index in [1.165, 1.54) is 10.1 Å². The van der Waals surface area contributed by atoms with E-state index in [0.29, 0.717) is 34.8 Å². The van der Waals surface area contributed by atoms with E-state index < -0.39 is 0 Å². The molecule has 190 valence electrons. The second-order valence-electron chi connectivity index (χ2n) is 9.79. The van der Waals surface area contributed by atoms with Crippen LogP contribution in [0, 0.1) is 22.7 Å². The number of piperazine rings is 1. The quantitative estimate of drug-likeness (QED) is 0.374. The first-order valence-electron chi connectivity index (χ1n) is 12.5. The van der Waals surface area contributed by atoms with Crippen molar-refractivity contribution in [3.05, 3.63) is 104 Å². The number of anilines is 1. The predicted octanol–water partition coefficient (Wildman–Crippen LogP) is 5.02. The van der Waals surface area contributed by atoms with Crippen LogP contribution < -0.4 is 10.5 Å². The van der Waals surface area contributed by atoms with Crippen LogP contribution in [0.25, 0.3) is 11.0 Å². The van der Waals surface area contributed by atoms with Crippen LogP contribution in [0.5, 0.6) is 0 Å². The van der Waals surface area contributed by atoms with Crippen molar-refractivity contribution in [1.82, 2.24) is 14.5 Å². The lowest BCUT2D eigenvalue weighted by Crippen LogP contribution is -2.58. The number of benzene rings is 2. The third kappa shape index (κ3) is 4.41. The molecule has 8 heteroatoms. The molecular weight excluding hydrogens is 496 g/mol. The normalized spacial score (nSPS) is 18.6. The van der Waals surface area contributed by atoms with Gasteiger partial charge in [-0.15, -0.1) is 0 Å². The lowest BCUT2D eigenvalue weighted by Gasteiger charge is -2.48. The van der Waals surface area contributed by atoms with Gasteiger partial charge in [-0.3, -0.25) is 9.69 Å². The van der Waals surface area contributed by atoms with E-state index in [1.54, 1.807) is 19.2 Å². The zero-order chi connectivity index (χ0) is 27.0. The SMILES string of the molecule is C[C@@H]1CN(c2c(C#N)c(=O)n(C)c3ccc(C#N)nc23)[C@@H](C)CN1C(c1ccccc1)c1ccc(Cl)cc1. The maximum atomic E-state index is 13.2. The third-order valence-corrected chi connectivity index (χ3v) is 7.65. The molecule has 0 N–H and O–H groups in total. The molecule has 4 aromatic rings. The van der Waals surface area contributed by atoms with Crippen LogP contribution in [0.2, 0.25) is 5.02 Å². The van der Waals surface area contributed by atoms with Crippen LogP contribution in [0.15, 0.2) is 71.5 Å². The number of rotatable bonds is 4. The molecule has 1 fully saturated rings. The molecule has 0 saturated carbocycles. The molecule has 2 aromatic heterocycles. The monoisotopic (exact) mass is 522 g/mol. The summed E-state index contributed by atoms with van der Waals surface area (Å²) in [6, 6.07) is 25.9. The van der Waals surface area contributed by atoms with Gasteiger partial charge >= 0.3 is 0 Å². The summed E-state index contributed by atoms with van der Waals surface area (Å²) in [5, 5.41) is 20.2. The largest absolute Gasteiger partial charge is 0.363 e. The second-order valence-corrected chi connectivity index (χ2v) is 10.2. The average Bonchev–Trinajstić information content (AvgIpc) is 2.94. The fourth-order valence-electron chi connectivity index (χ4n) is 5.52. The molecule has 38 heavy (non-hydrogen) atoms. The molecule has 0 amide bonds. The summed E-state index contributed by atoms with van der Waals surface area (Å²) >= 11 is 6.21. The molecule has 0 aliphatic carbocycles. The van der Waals surface area contributed by atoms with E-state index in [0.717, 1.165) is 5.56 Å². The summed E-state index contributed by atoms with van der Waals surface area (Å²) in [5.41, 5.74) is 3.84. The maximum absolute atomic E-state index is 13.2. The highest BCUT2D eigenvalue weighted by atomic mass is 35.5. The summed E-state index contributed by atoms with van der Waals surface area (Å²) < 4.78 is 1.43. The molecule has 1 saturated heterocycles. The minimum atomic E-state index is -0.368. The molecule has 5 rings (SSSR count). The van der Waals surface area contributed by atoms with Crippen molar-refractivity contribution in [1.29, 1.82) is 10.5 Å². The Balaban J connectivity index is 1.61. The van der Waals surface area contributed by atoms with Crippen molar-refractivity contribution in [3.63, 3.8) is 0 Å². The molecule has 1 aliphatic rings. The third-order valence-electron chi connectivity index (χ3n) is 7.40. The summed E-state index contributed by atoms with van der Waals surface area (Å²) in [7, 11) is 1.63. The van der Waals surface area contributed by atoms with Crippen molar-refractivity contribution in [2.75, 3.05) is 18.0 Å². The lowest BCUT2D eigenvalue weighted by molar-refractivity contribution is 0.130. The predicted molar refractivity (Wildman–Crippen MR) is 149 cm³/mol. The first-order valence-corrected chi connectivity index (χ1v) is 12.9. The molecule has 3 heterocycles. The van der Waals surface area contributed by atoms with Crippen LogP contribution >= 0.6 is 11.6 Å². The zero-order valence-electron chi connectivity index (χ0n) is 21.5. The van der Waals surface area contributed by atoms with Gasteiger partial charge in [0.05, 0.1) is 17.2 Å². The van der Waals surface area contributed by atoms with Gasteiger partial charge in [-0.25, -0.2) is 4.98 Å². The molecule has 1 aliphatic heterocycles. The average molecular weight is 523 g/mol. The molecule has 3 atom stereocenters. The van der Waals surface area contributed by atoms with Crippen molar-refractivity contribution >= 4 is 28.3 Å². The van der Waals surface area contributed by atoms with Crippen LogP contribution in [-0.2, 0) is 7.05 Å².